The number of nitrogens with zero attached hydrogens (tertiary/aromatic N) is 2. The number of benzene rings is 3. The highest BCUT2D eigenvalue weighted by atomic mass is 19.1. The lowest BCUT2D eigenvalue weighted by Gasteiger charge is -2.50. The van der Waals surface area contributed by atoms with Crippen LogP contribution in [0.4, 0.5) is 14.9 Å². The van der Waals surface area contributed by atoms with Crippen molar-refractivity contribution in [3.8, 4) is 16.9 Å². The molecule has 1 fully saturated rings. The lowest BCUT2D eigenvalue weighted by Crippen LogP contribution is -2.65. The minimum absolute atomic E-state index is 0.131. The molecule has 1 aromatic heterocycles. The molecule has 2 atom stereocenters. The summed E-state index contributed by atoms with van der Waals surface area (Å²) in [5, 5.41) is 3.14. The molecule has 3 amide bonds. The summed E-state index contributed by atoms with van der Waals surface area (Å²) in [7, 11) is 0. The zero-order chi connectivity index (χ0) is 26.7. The number of furan rings is 1. The summed E-state index contributed by atoms with van der Waals surface area (Å²) in [5.74, 6) is 0.318. The Hall–Kier alpha value is -4.59. The van der Waals surface area contributed by atoms with E-state index in [0.717, 1.165) is 27.8 Å². The smallest absolute Gasteiger partial charge is 0.325 e. The molecule has 4 heterocycles. The van der Waals surface area contributed by atoms with E-state index in [1.807, 2.05) is 37.3 Å². The van der Waals surface area contributed by atoms with Crippen LogP contribution in [-0.4, -0.2) is 29.1 Å². The Morgan fingerprint density at radius 3 is 2.79 bits per heavy atom. The van der Waals surface area contributed by atoms with Gasteiger partial charge in [0.1, 0.15) is 11.6 Å². The Labute approximate surface area is 224 Å². The molecule has 39 heavy (non-hydrogen) atoms. The van der Waals surface area contributed by atoms with Crippen molar-refractivity contribution >= 4 is 17.6 Å². The molecule has 7 nitrogen and oxygen atoms in total. The van der Waals surface area contributed by atoms with Gasteiger partial charge in [-0.2, -0.15) is 0 Å². The molecule has 196 valence electrons. The second-order valence-electron chi connectivity index (χ2n) is 10.5. The molecular weight excluding hydrogens is 497 g/mol. The molecule has 0 saturated carbocycles. The molecular formula is C31H26FN3O4. The molecule has 3 aliphatic rings. The number of fused-ring (bicyclic) bond motifs is 5. The monoisotopic (exact) mass is 523 g/mol. The number of hydrogen-bond donors (Lipinski definition) is 1. The van der Waals surface area contributed by atoms with E-state index < -0.39 is 5.72 Å². The molecule has 7 rings (SSSR count). The second kappa shape index (κ2) is 8.73. The van der Waals surface area contributed by atoms with E-state index in [1.54, 1.807) is 52.7 Å². The van der Waals surface area contributed by atoms with Gasteiger partial charge in [0.25, 0.3) is 5.91 Å². The Kier molecular flexibility index (Phi) is 5.26. The molecule has 0 aliphatic carbocycles. The number of carbonyl (C=O) groups is 2. The maximum atomic E-state index is 13.6. The number of rotatable bonds is 3. The highest BCUT2D eigenvalue weighted by Gasteiger charge is 2.50. The van der Waals surface area contributed by atoms with Gasteiger partial charge in [0.2, 0.25) is 0 Å². The number of hydrogen-bond acceptors (Lipinski definition) is 4. The van der Waals surface area contributed by atoms with Gasteiger partial charge in [-0.05, 0) is 78.6 Å². The first-order valence-corrected chi connectivity index (χ1v) is 13.0. The minimum atomic E-state index is -0.938. The molecule has 1 N–H and O–H groups in total. The van der Waals surface area contributed by atoms with Crippen LogP contribution in [0, 0.1) is 5.82 Å². The van der Waals surface area contributed by atoms with Crippen LogP contribution < -0.4 is 15.0 Å². The summed E-state index contributed by atoms with van der Waals surface area (Å²) in [6.45, 7) is 2.83. The van der Waals surface area contributed by atoms with Crippen LogP contribution in [-0.2, 0) is 13.0 Å². The van der Waals surface area contributed by atoms with Gasteiger partial charge in [-0.1, -0.05) is 18.2 Å². The largest absolute Gasteiger partial charge is 0.472 e. The summed E-state index contributed by atoms with van der Waals surface area (Å²) >= 11 is 0. The van der Waals surface area contributed by atoms with Crippen LogP contribution in [0.25, 0.3) is 11.1 Å². The maximum Gasteiger partial charge on any atom is 0.325 e. The normalized spacial score (nSPS) is 21.5. The fourth-order valence-electron chi connectivity index (χ4n) is 6.03. The molecule has 0 spiro atoms. The van der Waals surface area contributed by atoms with Crippen LogP contribution >= 0.6 is 0 Å². The third-order valence-corrected chi connectivity index (χ3v) is 7.95. The zero-order valence-corrected chi connectivity index (χ0v) is 21.3. The highest BCUT2D eigenvalue weighted by molar-refractivity contribution is 5.99. The van der Waals surface area contributed by atoms with Gasteiger partial charge >= 0.3 is 6.03 Å². The van der Waals surface area contributed by atoms with E-state index in [-0.39, 0.29) is 23.8 Å². The van der Waals surface area contributed by atoms with Crippen LogP contribution in [0.1, 0.15) is 46.4 Å². The lowest BCUT2D eigenvalue weighted by atomic mass is 9.88. The summed E-state index contributed by atoms with van der Waals surface area (Å²) in [4.78, 5) is 30.3. The van der Waals surface area contributed by atoms with E-state index in [9.17, 15) is 14.0 Å². The van der Waals surface area contributed by atoms with Crippen molar-refractivity contribution in [1.82, 2.24) is 10.2 Å². The van der Waals surface area contributed by atoms with Gasteiger partial charge in [-0.3, -0.25) is 9.69 Å². The predicted octanol–water partition coefficient (Wildman–Crippen LogP) is 6.05. The summed E-state index contributed by atoms with van der Waals surface area (Å²) in [6.07, 6.45) is 4.46. The molecule has 3 aliphatic heterocycles. The number of carbonyl (C=O) groups excluding carboxylic acids is 2. The molecule has 3 aromatic carbocycles. The second-order valence-corrected chi connectivity index (χ2v) is 10.5. The third kappa shape index (κ3) is 3.94. The minimum Gasteiger partial charge on any atom is -0.472 e. The fraction of sp³-hybridized carbons (Fsp3) is 0.226. The van der Waals surface area contributed by atoms with Crippen LogP contribution in [0.15, 0.2) is 83.7 Å². The summed E-state index contributed by atoms with van der Waals surface area (Å²) < 4.78 is 25.3. The maximum absolute atomic E-state index is 13.6. The van der Waals surface area contributed by atoms with Crippen molar-refractivity contribution < 1.29 is 23.1 Å². The van der Waals surface area contributed by atoms with E-state index in [2.05, 4.69) is 5.32 Å². The molecule has 1 saturated heterocycles. The average Bonchev–Trinajstić information content (AvgIpc) is 3.47. The molecule has 0 radical (unpaired) electrons. The summed E-state index contributed by atoms with van der Waals surface area (Å²) in [5.41, 5.74) is 4.89. The first-order valence-electron chi connectivity index (χ1n) is 13.0. The molecule has 4 aromatic rings. The number of anilines is 1. The standard InChI is InChI=1S/C31H26FN3O4/c1-31-16-27(26-15-19(6-8-28(26)39-31)23-10-12-38-18-23)33-30(37)35(31)25-4-2-3-21(14-25)29(36)34-11-9-20-13-24(32)7-5-22(20)17-34/h2-8,10,12-15,18,27H,9,11,16-17H2,1H3,(H,33,37). The van der Waals surface area contributed by atoms with Crippen LogP contribution in [0.3, 0.4) is 0 Å². The van der Waals surface area contributed by atoms with Gasteiger partial charge in [0.05, 0.1) is 24.3 Å². The molecule has 2 unspecified atom stereocenters. The topological polar surface area (TPSA) is 75.0 Å². The fourth-order valence-corrected chi connectivity index (χ4v) is 6.03. The Morgan fingerprint density at radius 1 is 1.05 bits per heavy atom. The van der Waals surface area contributed by atoms with E-state index >= 15 is 0 Å². The summed E-state index contributed by atoms with van der Waals surface area (Å²) in [6, 6.07) is 19.2. The van der Waals surface area contributed by atoms with Crippen molar-refractivity contribution in [3.63, 3.8) is 0 Å². The number of ether oxygens (including phenoxy) is 1. The SMILES string of the molecule is CC12CC(NC(=O)N1c1cccc(C(=O)N3CCc4cc(F)ccc4C3)c1)c1cc(-c3ccoc3)ccc1O2. The van der Waals surface area contributed by atoms with Crippen LogP contribution in [0.2, 0.25) is 0 Å². The van der Waals surface area contributed by atoms with Gasteiger partial charge in [0, 0.05) is 36.2 Å². The average molecular weight is 524 g/mol. The first kappa shape index (κ1) is 23.5. The molecule has 2 bridgehead atoms. The van der Waals surface area contributed by atoms with Crippen molar-refractivity contribution in [2.24, 2.45) is 0 Å². The Bertz CT molecular complexity index is 1620. The lowest BCUT2D eigenvalue weighted by molar-refractivity contribution is 0.0378. The third-order valence-electron chi connectivity index (χ3n) is 7.95. The highest BCUT2D eigenvalue weighted by Crippen LogP contribution is 2.46. The van der Waals surface area contributed by atoms with Gasteiger partial charge in [-0.15, -0.1) is 0 Å². The number of amides is 3. The van der Waals surface area contributed by atoms with E-state index in [4.69, 9.17) is 9.15 Å². The van der Waals surface area contributed by atoms with Crippen molar-refractivity contribution in [3.05, 3.63) is 107 Å². The van der Waals surface area contributed by atoms with Crippen molar-refractivity contribution in [2.75, 3.05) is 11.4 Å². The quantitative estimate of drug-likeness (QED) is 0.355. The van der Waals surface area contributed by atoms with E-state index in [1.165, 1.54) is 6.07 Å². The predicted molar refractivity (Wildman–Crippen MR) is 143 cm³/mol. The van der Waals surface area contributed by atoms with Gasteiger partial charge in [0.15, 0.2) is 5.72 Å². The van der Waals surface area contributed by atoms with Gasteiger partial charge in [-0.25, -0.2) is 9.18 Å². The zero-order valence-electron chi connectivity index (χ0n) is 21.3. The molecule has 8 heteroatoms. The van der Waals surface area contributed by atoms with Gasteiger partial charge < -0.3 is 19.4 Å². The van der Waals surface area contributed by atoms with Crippen molar-refractivity contribution in [1.29, 1.82) is 0 Å². The van der Waals surface area contributed by atoms with E-state index in [0.29, 0.717) is 42.9 Å². The Morgan fingerprint density at radius 2 is 1.95 bits per heavy atom. The number of halogens is 1. The number of urea groups is 1. The Balaban J connectivity index is 1.16. The van der Waals surface area contributed by atoms with Crippen molar-refractivity contribution in [2.45, 2.75) is 38.1 Å². The van der Waals surface area contributed by atoms with Crippen LogP contribution in [0.5, 0.6) is 5.75 Å². The first-order chi connectivity index (χ1) is 18.9. The number of nitrogens with one attached hydrogen (secondary N) is 1.